The summed E-state index contributed by atoms with van der Waals surface area (Å²) in [6.45, 7) is 7.93. The first kappa shape index (κ1) is 15.6. The van der Waals surface area contributed by atoms with E-state index in [1.165, 1.54) is 0 Å². The first-order valence-electron chi connectivity index (χ1n) is 7.36. The van der Waals surface area contributed by atoms with E-state index in [4.69, 9.17) is 14.6 Å². The van der Waals surface area contributed by atoms with Gasteiger partial charge in [-0.25, -0.2) is 0 Å². The van der Waals surface area contributed by atoms with Crippen LogP contribution in [0.15, 0.2) is 18.2 Å². The van der Waals surface area contributed by atoms with Gasteiger partial charge in [-0.1, -0.05) is 6.07 Å². The van der Waals surface area contributed by atoms with Gasteiger partial charge in [-0.2, -0.15) is 0 Å². The predicted octanol–water partition coefficient (Wildman–Crippen LogP) is 2.70. The molecule has 1 unspecified atom stereocenters. The van der Waals surface area contributed by atoms with E-state index in [-0.39, 0.29) is 18.5 Å². The highest BCUT2D eigenvalue weighted by atomic mass is 16.6. The van der Waals surface area contributed by atoms with Gasteiger partial charge in [0.2, 0.25) is 0 Å². The fourth-order valence-corrected chi connectivity index (χ4v) is 2.64. The monoisotopic (exact) mass is 293 g/mol. The molecule has 116 valence electrons. The van der Waals surface area contributed by atoms with Crippen LogP contribution in [0.3, 0.4) is 0 Å². The summed E-state index contributed by atoms with van der Waals surface area (Å²) >= 11 is 0. The summed E-state index contributed by atoms with van der Waals surface area (Å²) < 4.78 is 11.1. The van der Waals surface area contributed by atoms with Gasteiger partial charge in [-0.05, 0) is 38.5 Å². The molecule has 0 amide bonds. The van der Waals surface area contributed by atoms with Crippen molar-refractivity contribution in [3.63, 3.8) is 0 Å². The number of fused-ring (bicyclic) bond motifs is 1. The lowest BCUT2D eigenvalue weighted by Crippen LogP contribution is -2.35. The Balaban J connectivity index is 2.15. The van der Waals surface area contributed by atoms with Gasteiger partial charge in [-0.3, -0.25) is 9.69 Å². The highest BCUT2D eigenvalue weighted by Crippen LogP contribution is 2.34. The van der Waals surface area contributed by atoms with Gasteiger partial charge < -0.3 is 14.6 Å². The maximum Gasteiger partial charge on any atom is 0.304 e. The molecule has 1 N–H and O–H groups in total. The van der Waals surface area contributed by atoms with Gasteiger partial charge >= 0.3 is 5.97 Å². The van der Waals surface area contributed by atoms with Crippen molar-refractivity contribution < 1.29 is 19.4 Å². The molecular formula is C16H23NO4. The lowest BCUT2D eigenvalue weighted by Gasteiger charge is -2.33. The van der Waals surface area contributed by atoms with Gasteiger partial charge in [0, 0.05) is 18.6 Å². The molecule has 0 radical (unpaired) electrons. The zero-order valence-corrected chi connectivity index (χ0v) is 12.8. The predicted molar refractivity (Wildman–Crippen MR) is 79.9 cm³/mol. The molecule has 0 bridgehead atoms. The topological polar surface area (TPSA) is 59.0 Å². The molecule has 0 fully saturated rings. The Hall–Kier alpha value is -1.75. The average molecular weight is 293 g/mol. The first-order valence-corrected chi connectivity index (χ1v) is 7.36. The second-order valence-electron chi connectivity index (χ2n) is 5.55. The molecule has 5 nitrogen and oxygen atoms in total. The molecule has 1 aliphatic rings. The Labute approximate surface area is 125 Å². The normalized spacial score (nSPS) is 15.3. The van der Waals surface area contributed by atoms with E-state index < -0.39 is 5.97 Å². The van der Waals surface area contributed by atoms with Crippen LogP contribution < -0.4 is 9.47 Å². The largest absolute Gasteiger partial charge is 0.486 e. The molecule has 1 atom stereocenters. The number of carbonyl (C=O) groups is 1. The third-order valence-corrected chi connectivity index (χ3v) is 3.79. The second-order valence-corrected chi connectivity index (χ2v) is 5.55. The number of nitrogens with zero attached hydrogens (tertiary/aromatic N) is 1. The van der Waals surface area contributed by atoms with Gasteiger partial charge in [-0.15, -0.1) is 0 Å². The Morgan fingerprint density at radius 2 is 1.90 bits per heavy atom. The number of rotatable bonds is 6. The molecule has 1 aliphatic heterocycles. The summed E-state index contributed by atoms with van der Waals surface area (Å²) in [4.78, 5) is 13.0. The summed E-state index contributed by atoms with van der Waals surface area (Å²) in [5.74, 6) is 0.779. The number of carboxylic acids is 1. The summed E-state index contributed by atoms with van der Waals surface area (Å²) in [5, 5.41) is 8.89. The maximum atomic E-state index is 10.8. The fraction of sp³-hybridized carbons (Fsp3) is 0.562. The Morgan fingerprint density at radius 3 is 2.52 bits per heavy atom. The minimum atomic E-state index is -0.768. The van der Waals surface area contributed by atoms with Crippen LogP contribution in [0.4, 0.5) is 0 Å². The van der Waals surface area contributed by atoms with Crippen LogP contribution in [0.25, 0.3) is 0 Å². The second kappa shape index (κ2) is 6.80. The number of hydrogen-bond donors (Lipinski definition) is 1. The van der Waals surface area contributed by atoms with E-state index in [9.17, 15) is 4.79 Å². The van der Waals surface area contributed by atoms with E-state index in [0.717, 1.165) is 17.1 Å². The molecule has 0 saturated carbocycles. The maximum absolute atomic E-state index is 10.8. The lowest BCUT2D eigenvalue weighted by atomic mass is 10.0. The van der Waals surface area contributed by atoms with E-state index in [2.05, 4.69) is 25.7 Å². The SMILES string of the molecule is CC(C)N(CCC(=O)O)C(C)c1ccc2c(c1)OCCO2. The summed E-state index contributed by atoms with van der Waals surface area (Å²) in [7, 11) is 0. The zero-order chi connectivity index (χ0) is 15.4. The van der Waals surface area contributed by atoms with Crippen molar-refractivity contribution in [2.24, 2.45) is 0 Å². The van der Waals surface area contributed by atoms with Crippen LogP contribution in [-0.2, 0) is 4.79 Å². The van der Waals surface area contributed by atoms with E-state index in [1.807, 2.05) is 18.2 Å². The number of aliphatic carboxylic acids is 1. The Kier molecular flexibility index (Phi) is 5.07. The van der Waals surface area contributed by atoms with Crippen molar-refractivity contribution in [1.82, 2.24) is 4.90 Å². The van der Waals surface area contributed by atoms with Crippen LogP contribution in [0.1, 0.15) is 38.8 Å². The number of carboxylic acid groups (broad SMARTS) is 1. The van der Waals surface area contributed by atoms with Crippen LogP contribution >= 0.6 is 0 Å². The summed E-state index contributed by atoms with van der Waals surface area (Å²) in [6, 6.07) is 6.34. The number of ether oxygens (including phenoxy) is 2. The van der Waals surface area contributed by atoms with Gasteiger partial charge in [0.15, 0.2) is 11.5 Å². The third kappa shape index (κ3) is 3.88. The standard InChI is InChI=1S/C16H23NO4/c1-11(2)17(7-6-16(18)19)12(3)13-4-5-14-15(10-13)21-9-8-20-14/h4-5,10-12H,6-9H2,1-3H3,(H,18,19). The Bertz CT molecular complexity index is 501. The minimum absolute atomic E-state index is 0.125. The summed E-state index contributed by atoms with van der Waals surface area (Å²) in [6.07, 6.45) is 0.146. The highest BCUT2D eigenvalue weighted by molar-refractivity contribution is 5.66. The molecule has 0 saturated heterocycles. The van der Waals surface area contributed by atoms with E-state index in [1.54, 1.807) is 0 Å². The van der Waals surface area contributed by atoms with Crippen molar-refractivity contribution in [3.05, 3.63) is 23.8 Å². The van der Waals surface area contributed by atoms with Crippen LogP contribution in [-0.4, -0.2) is 41.8 Å². The first-order chi connectivity index (χ1) is 9.99. The van der Waals surface area contributed by atoms with Crippen molar-refractivity contribution in [3.8, 4) is 11.5 Å². The van der Waals surface area contributed by atoms with Crippen molar-refractivity contribution >= 4 is 5.97 Å². The van der Waals surface area contributed by atoms with Gasteiger partial charge in [0.05, 0.1) is 6.42 Å². The Morgan fingerprint density at radius 1 is 1.24 bits per heavy atom. The van der Waals surface area contributed by atoms with Crippen LogP contribution in [0.2, 0.25) is 0 Å². The lowest BCUT2D eigenvalue weighted by molar-refractivity contribution is -0.137. The van der Waals surface area contributed by atoms with Gasteiger partial charge in [0.25, 0.3) is 0 Å². The van der Waals surface area contributed by atoms with Crippen LogP contribution in [0, 0.1) is 0 Å². The molecular weight excluding hydrogens is 270 g/mol. The highest BCUT2D eigenvalue weighted by Gasteiger charge is 2.21. The van der Waals surface area contributed by atoms with Crippen molar-refractivity contribution in [1.29, 1.82) is 0 Å². The van der Waals surface area contributed by atoms with Crippen molar-refractivity contribution in [2.45, 2.75) is 39.3 Å². The third-order valence-electron chi connectivity index (χ3n) is 3.79. The molecule has 1 aromatic rings. The molecule has 0 aromatic heterocycles. The smallest absolute Gasteiger partial charge is 0.304 e. The molecule has 0 aliphatic carbocycles. The molecule has 1 heterocycles. The minimum Gasteiger partial charge on any atom is -0.486 e. The van der Waals surface area contributed by atoms with E-state index >= 15 is 0 Å². The molecule has 21 heavy (non-hydrogen) atoms. The molecule has 2 rings (SSSR count). The zero-order valence-electron chi connectivity index (χ0n) is 12.8. The average Bonchev–Trinajstić information content (AvgIpc) is 2.46. The fourth-order valence-electron chi connectivity index (χ4n) is 2.64. The molecule has 1 aromatic carbocycles. The summed E-state index contributed by atoms with van der Waals surface area (Å²) in [5.41, 5.74) is 1.11. The number of benzene rings is 1. The molecule has 0 spiro atoms. The molecule has 5 heteroatoms. The van der Waals surface area contributed by atoms with Crippen molar-refractivity contribution in [2.75, 3.05) is 19.8 Å². The van der Waals surface area contributed by atoms with E-state index in [0.29, 0.717) is 19.8 Å². The van der Waals surface area contributed by atoms with Gasteiger partial charge in [0.1, 0.15) is 13.2 Å². The van der Waals surface area contributed by atoms with Crippen LogP contribution in [0.5, 0.6) is 11.5 Å². The number of hydrogen-bond acceptors (Lipinski definition) is 4. The quantitative estimate of drug-likeness (QED) is 0.874.